The molecule has 0 unspecified atom stereocenters. The molecule has 0 radical (unpaired) electrons. The second kappa shape index (κ2) is 7.82. The van der Waals surface area contributed by atoms with Crippen molar-refractivity contribution < 1.29 is 4.79 Å². The molecule has 4 rings (SSSR count). The number of aromatic nitrogens is 2. The van der Waals surface area contributed by atoms with Crippen LogP contribution in [-0.4, -0.2) is 40.6 Å². The van der Waals surface area contributed by atoms with Gasteiger partial charge in [0.2, 0.25) is 5.91 Å². The van der Waals surface area contributed by atoms with Crippen LogP contribution in [0.1, 0.15) is 56.2 Å². The van der Waals surface area contributed by atoms with E-state index in [-0.39, 0.29) is 5.41 Å². The van der Waals surface area contributed by atoms with Crippen molar-refractivity contribution in [2.45, 2.75) is 58.4 Å². The largest absolute Gasteiger partial charge is 0.355 e. The number of nitrogens with zero attached hydrogens (tertiary/aromatic N) is 4. The summed E-state index contributed by atoms with van der Waals surface area (Å²) in [6, 6.07) is 6.35. The van der Waals surface area contributed by atoms with Crippen LogP contribution in [0.3, 0.4) is 0 Å². The Morgan fingerprint density at radius 3 is 2.61 bits per heavy atom. The van der Waals surface area contributed by atoms with Gasteiger partial charge in [0.1, 0.15) is 0 Å². The molecule has 1 amide bonds. The van der Waals surface area contributed by atoms with E-state index in [1.54, 1.807) is 0 Å². The van der Waals surface area contributed by atoms with E-state index in [4.69, 9.17) is 0 Å². The molecular formula is C22H30N4OS. The maximum Gasteiger partial charge on any atom is 0.223 e. The van der Waals surface area contributed by atoms with Crippen molar-refractivity contribution in [3.05, 3.63) is 39.7 Å². The fourth-order valence-corrected chi connectivity index (χ4v) is 4.99. The summed E-state index contributed by atoms with van der Waals surface area (Å²) < 4.78 is 0. The summed E-state index contributed by atoms with van der Waals surface area (Å²) in [6.45, 7) is 10.0. The first-order valence-corrected chi connectivity index (χ1v) is 11.2. The van der Waals surface area contributed by atoms with Gasteiger partial charge in [-0.05, 0) is 54.3 Å². The highest BCUT2D eigenvalue weighted by Crippen LogP contribution is 2.28. The summed E-state index contributed by atoms with van der Waals surface area (Å²) in [4.78, 5) is 18.6. The second-order valence-corrected chi connectivity index (χ2v) is 10.1. The lowest BCUT2D eigenvalue weighted by Crippen LogP contribution is -2.39. The fourth-order valence-electron chi connectivity index (χ4n) is 4.10. The maximum absolute atomic E-state index is 12.8. The van der Waals surface area contributed by atoms with Crippen molar-refractivity contribution in [3.63, 3.8) is 0 Å². The lowest BCUT2D eigenvalue weighted by atomic mass is 9.91. The van der Waals surface area contributed by atoms with Crippen LogP contribution in [0.25, 0.3) is 0 Å². The molecule has 5 nitrogen and oxygen atoms in total. The highest BCUT2D eigenvalue weighted by molar-refractivity contribution is 7.10. The molecule has 0 aliphatic carbocycles. The fraction of sp³-hybridized carbons (Fsp3) is 0.591. The van der Waals surface area contributed by atoms with Gasteiger partial charge in [-0.25, -0.2) is 0 Å². The molecule has 0 N–H and O–H groups in total. The molecule has 1 fully saturated rings. The number of thiophene rings is 1. The third kappa shape index (κ3) is 4.22. The van der Waals surface area contributed by atoms with E-state index in [2.05, 4.69) is 64.3 Å². The van der Waals surface area contributed by atoms with E-state index in [1.807, 2.05) is 11.3 Å². The lowest BCUT2D eigenvalue weighted by Gasteiger charge is -2.34. The first-order chi connectivity index (χ1) is 13.4. The Hall–Kier alpha value is -1.95. The standard InChI is InChI=1S/C22H30N4OS/c1-22(2,3)19-4-5-20(24-23-19)25-10-6-16(7-11-25)14-21(27)26-12-8-18-17(15-26)9-13-28-18/h4-5,9,13,16H,6-8,10-12,14-15H2,1-3H3. The molecule has 28 heavy (non-hydrogen) atoms. The van der Waals surface area contributed by atoms with Crippen molar-refractivity contribution in [1.82, 2.24) is 15.1 Å². The molecule has 2 aliphatic heterocycles. The summed E-state index contributed by atoms with van der Waals surface area (Å²) in [5, 5.41) is 11.0. The Kier molecular flexibility index (Phi) is 5.41. The minimum absolute atomic E-state index is 0.0249. The van der Waals surface area contributed by atoms with E-state index < -0.39 is 0 Å². The number of carbonyl (C=O) groups is 1. The average Bonchev–Trinajstić information content (AvgIpc) is 3.16. The third-order valence-electron chi connectivity index (χ3n) is 5.98. The molecule has 150 valence electrons. The highest BCUT2D eigenvalue weighted by Gasteiger charge is 2.27. The van der Waals surface area contributed by atoms with E-state index in [1.165, 1.54) is 10.4 Å². The minimum atomic E-state index is 0.0249. The molecule has 0 bridgehead atoms. The Labute approximate surface area is 171 Å². The molecule has 2 aromatic heterocycles. The summed E-state index contributed by atoms with van der Waals surface area (Å²) in [6.07, 6.45) is 3.79. The number of rotatable bonds is 3. The molecule has 0 saturated carbocycles. The van der Waals surface area contributed by atoms with Crippen molar-refractivity contribution in [2.24, 2.45) is 5.92 Å². The van der Waals surface area contributed by atoms with Gasteiger partial charge < -0.3 is 9.80 Å². The molecule has 1 saturated heterocycles. The molecule has 2 aromatic rings. The zero-order chi connectivity index (χ0) is 19.7. The van der Waals surface area contributed by atoms with Crippen LogP contribution in [0, 0.1) is 5.92 Å². The monoisotopic (exact) mass is 398 g/mol. The minimum Gasteiger partial charge on any atom is -0.355 e. The summed E-state index contributed by atoms with van der Waals surface area (Å²) >= 11 is 1.82. The lowest BCUT2D eigenvalue weighted by molar-refractivity contribution is -0.133. The Morgan fingerprint density at radius 1 is 1.14 bits per heavy atom. The van der Waals surface area contributed by atoms with Crippen molar-refractivity contribution in [1.29, 1.82) is 0 Å². The molecule has 0 spiro atoms. The van der Waals surface area contributed by atoms with Crippen LogP contribution in [-0.2, 0) is 23.2 Å². The Bertz CT molecular complexity index is 816. The van der Waals surface area contributed by atoms with Crippen LogP contribution < -0.4 is 4.90 Å². The first-order valence-electron chi connectivity index (χ1n) is 10.3. The highest BCUT2D eigenvalue weighted by atomic mass is 32.1. The van der Waals surface area contributed by atoms with Gasteiger partial charge in [-0.2, -0.15) is 5.10 Å². The molecule has 2 aliphatic rings. The number of fused-ring (bicyclic) bond motifs is 1. The van der Waals surface area contributed by atoms with Gasteiger partial charge in [0.05, 0.1) is 5.69 Å². The zero-order valence-corrected chi connectivity index (χ0v) is 18.0. The van der Waals surface area contributed by atoms with Crippen LogP contribution in [0.15, 0.2) is 23.6 Å². The maximum atomic E-state index is 12.8. The van der Waals surface area contributed by atoms with Crippen LogP contribution in [0.5, 0.6) is 0 Å². The Morgan fingerprint density at radius 2 is 1.93 bits per heavy atom. The van der Waals surface area contributed by atoms with E-state index >= 15 is 0 Å². The predicted octanol–water partition coefficient (Wildman–Crippen LogP) is 4.03. The smallest absolute Gasteiger partial charge is 0.223 e. The third-order valence-corrected chi connectivity index (χ3v) is 7.00. The number of carbonyl (C=O) groups excluding carboxylic acids is 1. The number of hydrogen-bond donors (Lipinski definition) is 0. The summed E-state index contributed by atoms with van der Waals surface area (Å²) in [5.41, 5.74) is 2.39. The van der Waals surface area contributed by atoms with Gasteiger partial charge in [-0.15, -0.1) is 16.4 Å². The number of hydrogen-bond acceptors (Lipinski definition) is 5. The van der Waals surface area contributed by atoms with Crippen LogP contribution in [0.4, 0.5) is 5.82 Å². The van der Waals surface area contributed by atoms with Crippen molar-refractivity contribution in [2.75, 3.05) is 24.5 Å². The molecule has 4 heterocycles. The average molecular weight is 399 g/mol. The van der Waals surface area contributed by atoms with Gasteiger partial charge in [-0.1, -0.05) is 20.8 Å². The van der Waals surface area contributed by atoms with Gasteiger partial charge in [0.15, 0.2) is 5.82 Å². The van der Waals surface area contributed by atoms with Crippen LogP contribution in [0.2, 0.25) is 0 Å². The van der Waals surface area contributed by atoms with Gasteiger partial charge >= 0.3 is 0 Å². The van der Waals surface area contributed by atoms with Gasteiger partial charge in [-0.3, -0.25) is 4.79 Å². The van der Waals surface area contributed by atoms with Crippen LogP contribution >= 0.6 is 11.3 Å². The molecule has 6 heteroatoms. The van der Waals surface area contributed by atoms with E-state index in [0.29, 0.717) is 18.2 Å². The molecule has 0 aromatic carbocycles. The zero-order valence-electron chi connectivity index (χ0n) is 17.1. The number of piperidine rings is 1. The summed E-state index contributed by atoms with van der Waals surface area (Å²) in [5.74, 6) is 1.76. The second-order valence-electron chi connectivity index (χ2n) is 9.10. The van der Waals surface area contributed by atoms with E-state index in [0.717, 1.165) is 57.0 Å². The quantitative estimate of drug-likeness (QED) is 0.783. The first kappa shape index (κ1) is 19.4. The number of amides is 1. The van der Waals surface area contributed by atoms with Crippen molar-refractivity contribution in [3.8, 4) is 0 Å². The normalized spacial score (nSPS) is 18.2. The van der Waals surface area contributed by atoms with Crippen molar-refractivity contribution >= 4 is 23.1 Å². The van der Waals surface area contributed by atoms with Gasteiger partial charge in [0.25, 0.3) is 0 Å². The SMILES string of the molecule is CC(C)(C)c1ccc(N2CCC(CC(=O)N3CCc4sccc4C3)CC2)nn1. The molecule has 0 atom stereocenters. The van der Waals surface area contributed by atoms with Gasteiger partial charge in [0, 0.05) is 42.9 Å². The Balaban J connectivity index is 1.28. The predicted molar refractivity (Wildman–Crippen MR) is 114 cm³/mol. The topological polar surface area (TPSA) is 49.3 Å². The number of anilines is 1. The summed E-state index contributed by atoms with van der Waals surface area (Å²) in [7, 11) is 0. The van der Waals surface area contributed by atoms with E-state index in [9.17, 15) is 4.79 Å². The molecular weight excluding hydrogens is 368 g/mol.